The first-order valence-electron chi connectivity index (χ1n) is 6.95. The molecule has 2 rings (SSSR count). The van der Waals surface area contributed by atoms with Crippen LogP contribution < -0.4 is 5.32 Å². The molecule has 0 saturated heterocycles. The van der Waals surface area contributed by atoms with Crippen LogP contribution >= 0.6 is 0 Å². The molecule has 0 aliphatic heterocycles. The maximum Gasteiger partial charge on any atom is 0.0518 e. The molecule has 2 heteroatoms. The van der Waals surface area contributed by atoms with Gasteiger partial charge in [0.1, 0.15) is 0 Å². The Kier molecular flexibility index (Phi) is 3.91. The van der Waals surface area contributed by atoms with Crippen LogP contribution in [0.2, 0.25) is 0 Å². The van der Waals surface area contributed by atoms with Crippen molar-refractivity contribution in [2.45, 2.75) is 65.0 Å². The largest absolute Gasteiger partial charge is 0.379 e. The van der Waals surface area contributed by atoms with Crippen molar-refractivity contribution < 1.29 is 4.74 Å². The maximum atomic E-state index is 5.71. The molecule has 0 aromatic carbocycles. The first-order valence-corrected chi connectivity index (χ1v) is 6.95. The van der Waals surface area contributed by atoms with Gasteiger partial charge in [0, 0.05) is 19.2 Å². The summed E-state index contributed by atoms with van der Waals surface area (Å²) in [6.07, 6.45) is 7.25. The minimum atomic E-state index is 0.375. The van der Waals surface area contributed by atoms with Crippen molar-refractivity contribution in [3.63, 3.8) is 0 Å². The third-order valence-electron chi connectivity index (χ3n) is 4.06. The first-order chi connectivity index (χ1) is 7.60. The number of ether oxygens (including phenoxy) is 1. The van der Waals surface area contributed by atoms with Crippen LogP contribution in [0.1, 0.15) is 52.9 Å². The molecular weight excluding hydrogens is 198 g/mol. The standard InChI is InChI=1S/C14H27NO/c1-11(2)16-9-8-14(3,12-4-5-12)10-15-13-6-7-13/h11-13,15H,4-10H2,1-3H3. The molecule has 0 aromatic rings. The molecule has 1 unspecified atom stereocenters. The summed E-state index contributed by atoms with van der Waals surface area (Å²) in [6, 6.07) is 0.837. The molecular formula is C14H27NO. The molecule has 0 spiro atoms. The minimum Gasteiger partial charge on any atom is -0.379 e. The fourth-order valence-corrected chi connectivity index (χ4v) is 2.41. The lowest BCUT2D eigenvalue weighted by molar-refractivity contribution is 0.0488. The van der Waals surface area contributed by atoms with Crippen LogP contribution in [0.15, 0.2) is 0 Å². The van der Waals surface area contributed by atoms with Gasteiger partial charge in [0.2, 0.25) is 0 Å². The first kappa shape index (κ1) is 12.4. The zero-order valence-electron chi connectivity index (χ0n) is 11.1. The van der Waals surface area contributed by atoms with Gasteiger partial charge < -0.3 is 10.1 Å². The fraction of sp³-hybridized carbons (Fsp3) is 1.00. The van der Waals surface area contributed by atoms with E-state index in [0.717, 1.165) is 18.6 Å². The fourth-order valence-electron chi connectivity index (χ4n) is 2.41. The molecule has 0 bridgehead atoms. The quantitative estimate of drug-likeness (QED) is 0.686. The third kappa shape index (κ3) is 3.74. The molecule has 94 valence electrons. The van der Waals surface area contributed by atoms with E-state index in [0.29, 0.717) is 11.5 Å². The summed E-state index contributed by atoms with van der Waals surface area (Å²) in [5.74, 6) is 0.953. The van der Waals surface area contributed by atoms with Gasteiger partial charge in [-0.15, -0.1) is 0 Å². The van der Waals surface area contributed by atoms with Crippen LogP contribution in [0.4, 0.5) is 0 Å². The second kappa shape index (κ2) is 5.05. The molecule has 1 atom stereocenters. The van der Waals surface area contributed by atoms with Gasteiger partial charge in [-0.25, -0.2) is 0 Å². The topological polar surface area (TPSA) is 21.3 Å². The predicted octanol–water partition coefficient (Wildman–Crippen LogP) is 2.97. The van der Waals surface area contributed by atoms with Crippen molar-refractivity contribution in [2.75, 3.05) is 13.2 Å². The smallest absolute Gasteiger partial charge is 0.0518 e. The van der Waals surface area contributed by atoms with E-state index in [4.69, 9.17) is 4.74 Å². The summed E-state index contributed by atoms with van der Waals surface area (Å²) in [6.45, 7) is 8.82. The summed E-state index contributed by atoms with van der Waals surface area (Å²) in [4.78, 5) is 0. The van der Waals surface area contributed by atoms with Gasteiger partial charge in [-0.05, 0) is 57.3 Å². The van der Waals surface area contributed by atoms with Crippen molar-refractivity contribution in [2.24, 2.45) is 11.3 Å². The van der Waals surface area contributed by atoms with Crippen molar-refractivity contribution in [3.05, 3.63) is 0 Å². The normalized spacial score (nSPS) is 24.8. The van der Waals surface area contributed by atoms with E-state index in [1.54, 1.807) is 0 Å². The number of hydrogen-bond donors (Lipinski definition) is 1. The Morgan fingerprint density at radius 2 is 1.94 bits per heavy atom. The molecule has 0 aromatic heterocycles. The molecule has 0 heterocycles. The Bertz CT molecular complexity index is 221. The van der Waals surface area contributed by atoms with Gasteiger partial charge in [0.15, 0.2) is 0 Å². The van der Waals surface area contributed by atoms with E-state index in [1.165, 1.54) is 38.6 Å². The van der Waals surface area contributed by atoms with Crippen molar-refractivity contribution in [1.29, 1.82) is 0 Å². The Balaban J connectivity index is 1.72. The van der Waals surface area contributed by atoms with E-state index in [9.17, 15) is 0 Å². The number of nitrogens with one attached hydrogen (secondary N) is 1. The van der Waals surface area contributed by atoms with Crippen molar-refractivity contribution >= 4 is 0 Å². The monoisotopic (exact) mass is 225 g/mol. The van der Waals surface area contributed by atoms with Crippen molar-refractivity contribution in [1.82, 2.24) is 5.32 Å². The summed E-state index contributed by atoms with van der Waals surface area (Å²) < 4.78 is 5.71. The Labute approximate surface area is 100 Å². The lowest BCUT2D eigenvalue weighted by Crippen LogP contribution is -2.36. The van der Waals surface area contributed by atoms with Gasteiger partial charge in [0.25, 0.3) is 0 Å². The summed E-state index contributed by atoms with van der Waals surface area (Å²) in [5.41, 5.74) is 0.484. The molecule has 16 heavy (non-hydrogen) atoms. The summed E-state index contributed by atoms with van der Waals surface area (Å²) in [5, 5.41) is 3.70. The number of hydrogen-bond acceptors (Lipinski definition) is 2. The predicted molar refractivity (Wildman–Crippen MR) is 67.6 cm³/mol. The zero-order valence-corrected chi connectivity index (χ0v) is 11.1. The lowest BCUT2D eigenvalue weighted by atomic mass is 9.81. The van der Waals surface area contributed by atoms with Crippen molar-refractivity contribution in [3.8, 4) is 0 Å². The Morgan fingerprint density at radius 3 is 2.44 bits per heavy atom. The lowest BCUT2D eigenvalue weighted by Gasteiger charge is -2.30. The zero-order chi connectivity index (χ0) is 11.6. The van der Waals surface area contributed by atoms with Crippen LogP contribution in [-0.2, 0) is 4.74 Å². The molecule has 0 radical (unpaired) electrons. The van der Waals surface area contributed by atoms with E-state index >= 15 is 0 Å². The molecule has 2 aliphatic rings. The van der Waals surface area contributed by atoms with Gasteiger partial charge in [-0.3, -0.25) is 0 Å². The highest BCUT2D eigenvalue weighted by Gasteiger charge is 2.41. The summed E-state index contributed by atoms with van der Waals surface area (Å²) in [7, 11) is 0. The van der Waals surface area contributed by atoms with Gasteiger partial charge >= 0.3 is 0 Å². The summed E-state index contributed by atoms with van der Waals surface area (Å²) >= 11 is 0. The Hall–Kier alpha value is -0.0800. The maximum absolute atomic E-state index is 5.71. The molecule has 1 N–H and O–H groups in total. The highest BCUT2D eigenvalue weighted by atomic mass is 16.5. The van der Waals surface area contributed by atoms with Gasteiger partial charge in [-0.1, -0.05) is 6.92 Å². The molecule has 0 amide bonds. The molecule has 2 aliphatic carbocycles. The number of rotatable bonds is 8. The third-order valence-corrected chi connectivity index (χ3v) is 4.06. The second-order valence-electron chi connectivity index (χ2n) is 6.25. The van der Waals surface area contributed by atoms with Crippen LogP contribution in [0.25, 0.3) is 0 Å². The average Bonchev–Trinajstić information content (AvgIpc) is 3.05. The minimum absolute atomic E-state index is 0.375. The van der Waals surface area contributed by atoms with E-state index in [1.807, 2.05) is 0 Å². The molecule has 2 saturated carbocycles. The van der Waals surface area contributed by atoms with Crippen LogP contribution in [-0.4, -0.2) is 25.3 Å². The van der Waals surface area contributed by atoms with E-state index in [-0.39, 0.29) is 0 Å². The van der Waals surface area contributed by atoms with Crippen LogP contribution in [0, 0.1) is 11.3 Å². The Morgan fingerprint density at radius 1 is 1.25 bits per heavy atom. The highest BCUT2D eigenvalue weighted by Crippen LogP contribution is 2.47. The SMILES string of the molecule is CC(C)OCCC(C)(CNC1CC1)C1CC1. The second-order valence-corrected chi connectivity index (χ2v) is 6.25. The molecule has 2 fully saturated rings. The highest BCUT2D eigenvalue weighted by molar-refractivity contribution is 4.94. The van der Waals surface area contributed by atoms with E-state index < -0.39 is 0 Å². The molecule has 2 nitrogen and oxygen atoms in total. The van der Waals surface area contributed by atoms with Crippen LogP contribution in [0.3, 0.4) is 0 Å². The average molecular weight is 225 g/mol. The van der Waals surface area contributed by atoms with E-state index in [2.05, 4.69) is 26.1 Å². The van der Waals surface area contributed by atoms with Gasteiger partial charge in [-0.2, -0.15) is 0 Å². The van der Waals surface area contributed by atoms with Gasteiger partial charge in [0.05, 0.1) is 6.10 Å². The van der Waals surface area contributed by atoms with Crippen LogP contribution in [0.5, 0.6) is 0 Å².